The van der Waals surface area contributed by atoms with Gasteiger partial charge in [0.05, 0.1) is 17.1 Å². The molecule has 0 saturated carbocycles. The highest BCUT2D eigenvalue weighted by Gasteiger charge is 2.21. The van der Waals surface area contributed by atoms with Crippen LogP contribution in [-0.2, 0) is 19.3 Å². The average Bonchev–Trinajstić information content (AvgIpc) is 3.06. The molecule has 0 fully saturated rings. The zero-order valence-electron chi connectivity index (χ0n) is 11.3. The van der Waals surface area contributed by atoms with E-state index in [-0.39, 0.29) is 11.6 Å². The Bertz CT molecular complexity index is 624. The number of aromatic amines is 1. The predicted octanol–water partition coefficient (Wildman–Crippen LogP) is 2.14. The monoisotopic (exact) mass is 291 g/mol. The summed E-state index contributed by atoms with van der Waals surface area (Å²) in [6.07, 6.45) is 4.97. The summed E-state index contributed by atoms with van der Waals surface area (Å²) in [5.41, 5.74) is 8.57. The molecular formula is C13H17N5OS. The number of rotatable bonds is 4. The molecule has 3 rings (SSSR count). The van der Waals surface area contributed by atoms with E-state index in [1.54, 1.807) is 11.3 Å². The van der Waals surface area contributed by atoms with Crippen LogP contribution in [0.3, 0.4) is 0 Å². The summed E-state index contributed by atoms with van der Waals surface area (Å²) >= 11 is 1.55. The molecule has 0 radical (unpaired) electrons. The molecule has 0 aliphatic heterocycles. The fourth-order valence-corrected chi connectivity index (χ4v) is 3.45. The Morgan fingerprint density at radius 1 is 1.50 bits per heavy atom. The molecule has 7 heteroatoms. The molecular weight excluding hydrogens is 274 g/mol. The van der Waals surface area contributed by atoms with Crippen LogP contribution in [0, 0.1) is 0 Å². The molecule has 6 nitrogen and oxygen atoms in total. The van der Waals surface area contributed by atoms with Crippen LogP contribution in [0.4, 0.5) is 10.8 Å². The molecule has 2 heterocycles. The van der Waals surface area contributed by atoms with Crippen molar-refractivity contribution in [2.45, 2.75) is 39.0 Å². The van der Waals surface area contributed by atoms with Crippen LogP contribution in [0.25, 0.3) is 0 Å². The van der Waals surface area contributed by atoms with Crippen molar-refractivity contribution in [3.8, 4) is 0 Å². The topological polar surface area (TPSA) is 96.7 Å². The molecule has 1 amide bonds. The van der Waals surface area contributed by atoms with E-state index >= 15 is 0 Å². The van der Waals surface area contributed by atoms with Crippen LogP contribution < -0.4 is 11.1 Å². The molecule has 0 atom stereocenters. The van der Waals surface area contributed by atoms with Gasteiger partial charge in [0.1, 0.15) is 0 Å². The highest BCUT2D eigenvalue weighted by molar-refractivity contribution is 7.16. The van der Waals surface area contributed by atoms with Crippen molar-refractivity contribution in [1.29, 1.82) is 0 Å². The second-order valence-electron chi connectivity index (χ2n) is 4.91. The minimum absolute atomic E-state index is 0.254. The summed E-state index contributed by atoms with van der Waals surface area (Å²) in [5, 5.41) is 10.3. The number of fused-ring (bicyclic) bond motifs is 1. The summed E-state index contributed by atoms with van der Waals surface area (Å²) < 4.78 is 0. The van der Waals surface area contributed by atoms with Crippen molar-refractivity contribution >= 4 is 28.1 Å². The first-order chi connectivity index (χ1) is 9.69. The Morgan fingerprint density at radius 3 is 3.10 bits per heavy atom. The summed E-state index contributed by atoms with van der Waals surface area (Å²) in [6.45, 7) is 2.05. The summed E-state index contributed by atoms with van der Waals surface area (Å²) in [6, 6.07) is 0. The fourth-order valence-electron chi connectivity index (χ4n) is 2.40. The summed E-state index contributed by atoms with van der Waals surface area (Å²) in [4.78, 5) is 17.9. The molecule has 20 heavy (non-hydrogen) atoms. The van der Waals surface area contributed by atoms with Gasteiger partial charge in [-0.25, -0.2) is 4.98 Å². The number of H-pyrrole nitrogens is 1. The molecule has 4 N–H and O–H groups in total. The number of carbonyl (C=O) groups is 1. The van der Waals surface area contributed by atoms with Gasteiger partial charge in [0.25, 0.3) is 5.91 Å². The highest BCUT2D eigenvalue weighted by Crippen LogP contribution is 2.30. The third-order valence-electron chi connectivity index (χ3n) is 3.41. The Balaban J connectivity index is 1.75. The Hall–Kier alpha value is -1.89. The van der Waals surface area contributed by atoms with E-state index in [0.29, 0.717) is 10.8 Å². The maximum Gasteiger partial charge on any atom is 0.280 e. The molecule has 1 aliphatic carbocycles. The van der Waals surface area contributed by atoms with E-state index < -0.39 is 0 Å². The van der Waals surface area contributed by atoms with Crippen LogP contribution in [0.5, 0.6) is 0 Å². The predicted molar refractivity (Wildman–Crippen MR) is 79.1 cm³/mol. The van der Waals surface area contributed by atoms with Crippen LogP contribution >= 0.6 is 11.3 Å². The van der Waals surface area contributed by atoms with Gasteiger partial charge in [0.2, 0.25) is 0 Å². The first kappa shape index (κ1) is 13.1. The number of anilines is 2. The molecule has 0 spiro atoms. The number of nitrogens with one attached hydrogen (secondary N) is 2. The van der Waals surface area contributed by atoms with Crippen LogP contribution in [-0.4, -0.2) is 21.1 Å². The largest absolute Gasteiger partial charge is 0.395 e. The zero-order valence-corrected chi connectivity index (χ0v) is 12.1. The number of nitrogen functional groups attached to an aromatic ring is 1. The van der Waals surface area contributed by atoms with Gasteiger partial charge >= 0.3 is 0 Å². The fraction of sp³-hybridized carbons (Fsp3) is 0.462. The van der Waals surface area contributed by atoms with E-state index in [1.165, 1.54) is 4.88 Å². The van der Waals surface area contributed by atoms with Gasteiger partial charge in [-0.1, -0.05) is 13.3 Å². The quantitative estimate of drug-likeness (QED) is 0.804. The standard InChI is InChI=1S/C13H17N5OS/c1-2-4-8-10(14)11(18-17-8)12(19)16-13-15-7-5-3-6-9(7)20-13/h2-6,14H2,1H3,(H,17,18)(H,15,16,19). The average molecular weight is 291 g/mol. The van der Waals surface area contributed by atoms with Gasteiger partial charge in [-0.15, -0.1) is 11.3 Å². The maximum atomic E-state index is 12.2. The first-order valence-corrected chi connectivity index (χ1v) is 7.63. The summed E-state index contributed by atoms with van der Waals surface area (Å²) in [7, 11) is 0. The van der Waals surface area contributed by atoms with Crippen molar-refractivity contribution < 1.29 is 4.79 Å². The molecule has 2 aromatic rings. The number of aromatic nitrogens is 3. The number of aryl methyl sites for hydroxylation is 3. The smallest absolute Gasteiger partial charge is 0.280 e. The van der Waals surface area contributed by atoms with Gasteiger partial charge in [-0.3, -0.25) is 15.2 Å². The number of amides is 1. The van der Waals surface area contributed by atoms with Crippen LogP contribution in [0.2, 0.25) is 0 Å². The molecule has 0 saturated heterocycles. The van der Waals surface area contributed by atoms with Gasteiger partial charge in [0, 0.05) is 4.88 Å². The van der Waals surface area contributed by atoms with Crippen LogP contribution in [0.1, 0.15) is 46.5 Å². The lowest BCUT2D eigenvalue weighted by atomic mass is 10.2. The molecule has 2 aromatic heterocycles. The number of hydrogen-bond donors (Lipinski definition) is 3. The normalized spacial score (nSPS) is 13.4. The van der Waals surface area contributed by atoms with Gasteiger partial charge in [-0.05, 0) is 25.7 Å². The number of thiazole rings is 1. The number of nitrogens with two attached hydrogens (primary N) is 1. The molecule has 0 unspecified atom stereocenters. The Kier molecular flexibility index (Phi) is 3.43. The van der Waals surface area contributed by atoms with Crippen LogP contribution in [0.15, 0.2) is 0 Å². The third-order valence-corrected chi connectivity index (χ3v) is 4.49. The maximum absolute atomic E-state index is 12.2. The lowest BCUT2D eigenvalue weighted by Gasteiger charge is -2.00. The lowest BCUT2D eigenvalue weighted by Crippen LogP contribution is -2.14. The van der Waals surface area contributed by atoms with E-state index in [0.717, 1.165) is 43.5 Å². The Labute approximate surface area is 120 Å². The second kappa shape index (κ2) is 5.24. The van der Waals surface area contributed by atoms with E-state index in [4.69, 9.17) is 5.73 Å². The third kappa shape index (κ3) is 2.29. The van der Waals surface area contributed by atoms with E-state index in [9.17, 15) is 4.79 Å². The van der Waals surface area contributed by atoms with Crippen molar-refractivity contribution in [2.24, 2.45) is 0 Å². The minimum atomic E-state index is -0.298. The van der Waals surface area contributed by atoms with Gasteiger partial charge in [0.15, 0.2) is 10.8 Å². The SMILES string of the molecule is CCCc1[nH]nc(C(=O)Nc2nc3c(s2)CCC3)c1N. The lowest BCUT2D eigenvalue weighted by molar-refractivity contribution is 0.102. The van der Waals surface area contributed by atoms with Crippen molar-refractivity contribution in [1.82, 2.24) is 15.2 Å². The summed E-state index contributed by atoms with van der Waals surface area (Å²) in [5.74, 6) is -0.298. The highest BCUT2D eigenvalue weighted by atomic mass is 32.1. The first-order valence-electron chi connectivity index (χ1n) is 6.81. The molecule has 106 valence electrons. The van der Waals surface area contributed by atoms with E-state index in [2.05, 4.69) is 27.4 Å². The zero-order chi connectivity index (χ0) is 14.1. The molecule has 1 aliphatic rings. The van der Waals surface area contributed by atoms with Crippen molar-refractivity contribution in [3.63, 3.8) is 0 Å². The van der Waals surface area contributed by atoms with Crippen molar-refractivity contribution in [3.05, 3.63) is 22.0 Å². The number of nitrogens with zero attached hydrogens (tertiary/aromatic N) is 2. The van der Waals surface area contributed by atoms with E-state index in [1.807, 2.05) is 0 Å². The van der Waals surface area contributed by atoms with Gasteiger partial charge in [-0.2, -0.15) is 5.10 Å². The number of carbonyl (C=O) groups excluding carboxylic acids is 1. The molecule has 0 bridgehead atoms. The van der Waals surface area contributed by atoms with Crippen molar-refractivity contribution in [2.75, 3.05) is 11.1 Å². The second-order valence-corrected chi connectivity index (χ2v) is 5.99. The number of hydrogen-bond acceptors (Lipinski definition) is 5. The minimum Gasteiger partial charge on any atom is -0.395 e. The Morgan fingerprint density at radius 2 is 2.35 bits per heavy atom. The van der Waals surface area contributed by atoms with Gasteiger partial charge < -0.3 is 5.73 Å². The molecule has 0 aromatic carbocycles.